The van der Waals surface area contributed by atoms with E-state index in [1.807, 2.05) is 30.3 Å². The summed E-state index contributed by atoms with van der Waals surface area (Å²) in [5, 5.41) is 0. The van der Waals surface area contributed by atoms with Crippen molar-refractivity contribution in [2.45, 2.75) is 24.5 Å². The molecule has 3 aliphatic heterocycles. The maximum atomic E-state index is 12.3. The average molecular weight is 253 g/mol. The van der Waals surface area contributed by atoms with Crippen LogP contribution < -0.4 is 4.90 Å². The highest BCUT2D eigenvalue weighted by molar-refractivity contribution is 6.04. The Kier molecular flexibility index (Phi) is 1.95. The molecule has 0 N–H and O–H groups in total. The molecule has 1 aromatic carbocycles. The first kappa shape index (κ1) is 11.0. The number of amides is 1. The maximum Gasteiger partial charge on any atom is 0.251 e. The summed E-state index contributed by atoms with van der Waals surface area (Å²) < 4.78 is 6.18. The summed E-state index contributed by atoms with van der Waals surface area (Å²) in [4.78, 5) is 14.1. The number of ether oxygens (including phenoxy) is 1. The van der Waals surface area contributed by atoms with E-state index in [0.717, 1.165) is 17.7 Å². The first-order chi connectivity index (χ1) is 9.10. The quantitative estimate of drug-likeness (QED) is 0.719. The predicted molar refractivity (Wildman–Crippen MR) is 72.9 cm³/mol. The number of hydrogen-bond donors (Lipinski definition) is 0. The highest BCUT2D eigenvalue weighted by Gasteiger charge is 2.55. The molecule has 2 bridgehead atoms. The standard InChI is InChI=1S/C16H15NO2/c1-15-7-8-16(19-15)11-17(13-5-3-2-4-6-13)14(18)9-12(16)10-15/h2-9H,10-11H2,1H3/t15-,16-/m1/s1. The van der Waals surface area contributed by atoms with Crippen molar-refractivity contribution in [1.29, 1.82) is 0 Å². The molecule has 0 aliphatic carbocycles. The molecule has 0 saturated carbocycles. The fraction of sp³-hybridized carbons (Fsp3) is 0.312. The molecule has 3 nitrogen and oxygen atoms in total. The molecule has 96 valence electrons. The summed E-state index contributed by atoms with van der Waals surface area (Å²) in [6.07, 6.45) is 6.83. The van der Waals surface area contributed by atoms with Crippen molar-refractivity contribution in [2.75, 3.05) is 11.4 Å². The van der Waals surface area contributed by atoms with E-state index in [4.69, 9.17) is 4.74 Å². The Balaban J connectivity index is 1.77. The first-order valence-corrected chi connectivity index (χ1v) is 6.59. The molecule has 2 atom stereocenters. The van der Waals surface area contributed by atoms with Crippen molar-refractivity contribution in [3.05, 3.63) is 54.1 Å². The van der Waals surface area contributed by atoms with Crippen molar-refractivity contribution in [2.24, 2.45) is 0 Å². The zero-order valence-electron chi connectivity index (χ0n) is 10.8. The van der Waals surface area contributed by atoms with Gasteiger partial charge in [-0.15, -0.1) is 0 Å². The molecule has 3 heterocycles. The molecular formula is C16H15NO2. The summed E-state index contributed by atoms with van der Waals surface area (Å²) in [5.41, 5.74) is 1.43. The summed E-state index contributed by atoms with van der Waals surface area (Å²) in [5.74, 6) is 0.0555. The molecule has 0 radical (unpaired) electrons. The van der Waals surface area contributed by atoms with Gasteiger partial charge in [0.25, 0.3) is 5.91 Å². The Morgan fingerprint density at radius 2 is 2.00 bits per heavy atom. The summed E-state index contributed by atoms with van der Waals surface area (Å²) in [7, 11) is 0. The van der Waals surface area contributed by atoms with Crippen LogP contribution in [0.4, 0.5) is 5.69 Å². The van der Waals surface area contributed by atoms with Crippen LogP contribution in [0.15, 0.2) is 54.1 Å². The molecule has 0 aromatic heterocycles. The monoisotopic (exact) mass is 253 g/mol. The van der Waals surface area contributed by atoms with Crippen LogP contribution in [-0.2, 0) is 9.53 Å². The van der Waals surface area contributed by atoms with Crippen LogP contribution >= 0.6 is 0 Å². The summed E-state index contributed by atoms with van der Waals surface area (Å²) in [6, 6.07) is 9.77. The van der Waals surface area contributed by atoms with Gasteiger partial charge in [-0.05, 0) is 30.7 Å². The maximum absolute atomic E-state index is 12.3. The lowest BCUT2D eigenvalue weighted by Crippen LogP contribution is -2.48. The molecule has 4 rings (SSSR count). The van der Waals surface area contributed by atoms with E-state index in [9.17, 15) is 4.79 Å². The van der Waals surface area contributed by atoms with Gasteiger partial charge in [-0.25, -0.2) is 0 Å². The van der Waals surface area contributed by atoms with Gasteiger partial charge in [0, 0.05) is 18.2 Å². The van der Waals surface area contributed by atoms with Gasteiger partial charge in [-0.3, -0.25) is 4.79 Å². The third-order valence-corrected chi connectivity index (χ3v) is 4.23. The molecule has 1 saturated heterocycles. The largest absolute Gasteiger partial charge is 0.354 e. The molecule has 1 aromatic rings. The lowest BCUT2D eigenvalue weighted by atomic mass is 9.82. The highest BCUT2D eigenvalue weighted by atomic mass is 16.5. The Labute approximate surface area is 112 Å². The lowest BCUT2D eigenvalue weighted by molar-refractivity contribution is -0.115. The summed E-state index contributed by atoms with van der Waals surface area (Å²) in [6.45, 7) is 2.66. The predicted octanol–water partition coefficient (Wildman–Crippen LogP) is 2.45. The number of fused-ring (bicyclic) bond motifs is 1. The minimum Gasteiger partial charge on any atom is -0.354 e. The number of hydrogen-bond acceptors (Lipinski definition) is 2. The van der Waals surface area contributed by atoms with Crippen LogP contribution in [0.25, 0.3) is 0 Å². The van der Waals surface area contributed by atoms with Crippen molar-refractivity contribution < 1.29 is 9.53 Å². The Morgan fingerprint density at radius 3 is 2.74 bits per heavy atom. The highest BCUT2D eigenvalue weighted by Crippen LogP contribution is 2.51. The van der Waals surface area contributed by atoms with Crippen LogP contribution in [0, 0.1) is 0 Å². The molecule has 19 heavy (non-hydrogen) atoms. The fourth-order valence-corrected chi connectivity index (χ4v) is 3.32. The third-order valence-electron chi connectivity index (χ3n) is 4.23. The van der Waals surface area contributed by atoms with Gasteiger partial charge in [0.15, 0.2) is 0 Å². The van der Waals surface area contributed by atoms with Crippen molar-refractivity contribution in [3.63, 3.8) is 0 Å². The van der Waals surface area contributed by atoms with Crippen LogP contribution in [0.1, 0.15) is 13.3 Å². The van der Waals surface area contributed by atoms with E-state index in [-0.39, 0.29) is 11.5 Å². The van der Waals surface area contributed by atoms with Gasteiger partial charge in [-0.2, -0.15) is 0 Å². The second-order valence-electron chi connectivity index (χ2n) is 5.74. The van der Waals surface area contributed by atoms with Crippen LogP contribution in [-0.4, -0.2) is 23.7 Å². The Bertz CT molecular complexity index is 619. The van der Waals surface area contributed by atoms with Crippen molar-refractivity contribution >= 4 is 11.6 Å². The molecule has 3 aliphatic rings. The summed E-state index contributed by atoms with van der Waals surface area (Å²) >= 11 is 0. The molecule has 3 heteroatoms. The van der Waals surface area contributed by atoms with Gasteiger partial charge in [0.05, 0.1) is 12.1 Å². The topological polar surface area (TPSA) is 29.5 Å². The van der Waals surface area contributed by atoms with E-state index in [1.54, 1.807) is 11.0 Å². The second kappa shape index (κ2) is 3.36. The number of para-hydroxylation sites is 1. The molecule has 1 fully saturated rings. The molecule has 1 amide bonds. The van der Waals surface area contributed by atoms with Crippen LogP contribution in [0.2, 0.25) is 0 Å². The number of carbonyl (C=O) groups is 1. The minimum absolute atomic E-state index is 0.0555. The Hall–Kier alpha value is -1.87. The van der Waals surface area contributed by atoms with E-state index in [1.165, 1.54) is 0 Å². The van der Waals surface area contributed by atoms with Crippen LogP contribution in [0.3, 0.4) is 0 Å². The zero-order chi connectivity index (χ0) is 13.1. The van der Waals surface area contributed by atoms with Crippen LogP contribution in [0.5, 0.6) is 0 Å². The van der Waals surface area contributed by atoms with Gasteiger partial charge in [0.2, 0.25) is 0 Å². The molecule has 0 unspecified atom stereocenters. The van der Waals surface area contributed by atoms with Crippen molar-refractivity contribution in [3.8, 4) is 0 Å². The van der Waals surface area contributed by atoms with Gasteiger partial charge >= 0.3 is 0 Å². The zero-order valence-corrected chi connectivity index (χ0v) is 10.8. The smallest absolute Gasteiger partial charge is 0.251 e. The molecule has 1 spiro atoms. The lowest BCUT2D eigenvalue weighted by Gasteiger charge is -2.36. The van der Waals surface area contributed by atoms with E-state index < -0.39 is 5.60 Å². The SMILES string of the molecule is C[C@@]12C=C[C@]3(CN(c4ccccc4)C(=O)C=C3C1)O2. The molecular weight excluding hydrogens is 238 g/mol. The number of rotatable bonds is 1. The van der Waals surface area contributed by atoms with Crippen molar-refractivity contribution in [1.82, 2.24) is 0 Å². The van der Waals surface area contributed by atoms with Gasteiger partial charge in [0.1, 0.15) is 5.60 Å². The minimum atomic E-state index is -0.390. The number of nitrogens with zero attached hydrogens (tertiary/aromatic N) is 1. The fourth-order valence-electron chi connectivity index (χ4n) is 3.32. The van der Waals surface area contributed by atoms with Gasteiger partial charge < -0.3 is 9.64 Å². The average Bonchev–Trinajstić information content (AvgIpc) is 2.88. The third kappa shape index (κ3) is 1.45. The van der Waals surface area contributed by atoms with E-state index >= 15 is 0 Å². The number of anilines is 1. The van der Waals surface area contributed by atoms with E-state index in [0.29, 0.717) is 6.54 Å². The normalized spacial score (nSPS) is 35.5. The Morgan fingerprint density at radius 1 is 1.21 bits per heavy atom. The van der Waals surface area contributed by atoms with E-state index in [2.05, 4.69) is 19.1 Å². The number of carbonyl (C=O) groups excluding carboxylic acids is 1. The first-order valence-electron chi connectivity index (χ1n) is 6.59. The number of benzene rings is 1. The second-order valence-corrected chi connectivity index (χ2v) is 5.74. The van der Waals surface area contributed by atoms with Gasteiger partial charge in [-0.1, -0.05) is 24.3 Å².